The van der Waals surface area contributed by atoms with Gasteiger partial charge in [-0.1, -0.05) is 24.1 Å². The summed E-state index contributed by atoms with van der Waals surface area (Å²) < 4.78 is 0. The number of hydrogen-bond acceptors (Lipinski definition) is 2. The van der Waals surface area contributed by atoms with Crippen LogP contribution < -0.4 is 10.2 Å². The van der Waals surface area contributed by atoms with E-state index < -0.39 is 6.09 Å². The van der Waals surface area contributed by atoms with Crippen molar-refractivity contribution in [1.82, 2.24) is 5.32 Å². The molecule has 0 fully saturated rings. The van der Waals surface area contributed by atoms with Gasteiger partial charge in [-0.25, -0.2) is 4.79 Å². The van der Waals surface area contributed by atoms with Crippen molar-refractivity contribution < 1.29 is 9.90 Å². The summed E-state index contributed by atoms with van der Waals surface area (Å²) in [7, 11) is 0. The number of amides is 1. The van der Waals surface area contributed by atoms with Gasteiger partial charge in [-0.2, -0.15) is 0 Å². The van der Waals surface area contributed by atoms with Crippen LogP contribution in [0, 0.1) is 19.3 Å². The SMILES string of the molecule is C#CCNCN(C(=O)O)c1ccccc1C. The van der Waals surface area contributed by atoms with Crippen LogP contribution in [0.5, 0.6) is 0 Å². The molecule has 0 saturated heterocycles. The van der Waals surface area contributed by atoms with Gasteiger partial charge in [0.2, 0.25) is 0 Å². The molecule has 1 aromatic carbocycles. The van der Waals surface area contributed by atoms with Gasteiger partial charge in [-0.3, -0.25) is 10.2 Å². The maximum atomic E-state index is 11.1. The van der Waals surface area contributed by atoms with Crippen LogP contribution in [0.15, 0.2) is 24.3 Å². The fraction of sp³-hybridized carbons (Fsp3) is 0.250. The Balaban J connectivity index is 2.83. The van der Waals surface area contributed by atoms with Crippen molar-refractivity contribution in [3.8, 4) is 12.3 Å². The minimum Gasteiger partial charge on any atom is -0.465 e. The second-order valence-electron chi connectivity index (χ2n) is 3.29. The van der Waals surface area contributed by atoms with Gasteiger partial charge in [0.25, 0.3) is 0 Å². The number of nitrogens with zero attached hydrogens (tertiary/aromatic N) is 1. The van der Waals surface area contributed by atoms with Crippen LogP contribution in [0.4, 0.5) is 10.5 Å². The van der Waals surface area contributed by atoms with Crippen molar-refractivity contribution in [2.75, 3.05) is 18.1 Å². The highest BCUT2D eigenvalue weighted by molar-refractivity contribution is 5.86. The quantitative estimate of drug-likeness (QED) is 0.459. The first kappa shape index (κ1) is 12.1. The molecule has 0 aromatic heterocycles. The van der Waals surface area contributed by atoms with E-state index >= 15 is 0 Å². The van der Waals surface area contributed by atoms with E-state index in [1.165, 1.54) is 4.90 Å². The third kappa shape index (κ3) is 3.01. The van der Waals surface area contributed by atoms with Gasteiger partial charge in [0.1, 0.15) is 0 Å². The lowest BCUT2D eigenvalue weighted by molar-refractivity contribution is 0.201. The summed E-state index contributed by atoms with van der Waals surface area (Å²) >= 11 is 0. The van der Waals surface area contributed by atoms with E-state index in [1.54, 1.807) is 12.1 Å². The van der Waals surface area contributed by atoms with E-state index in [1.807, 2.05) is 19.1 Å². The van der Waals surface area contributed by atoms with E-state index in [0.29, 0.717) is 12.2 Å². The lowest BCUT2D eigenvalue weighted by atomic mass is 10.2. The molecule has 1 aromatic rings. The molecule has 0 aliphatic heterocycles. The zero-order valence-electron chi connectivity index (χ0n) is 9.10. The van der Waals surface area contributed by atoms with Crippen molar-refractivity contribution >= 4 is 11.8 Å². The van der Waals surface area contributed by atoms with Crippen molar-refractivity contribution in [2.24, 2.45) is 0 Å². The van der Waals surface area contributed by atoms with Crippen molar-refractivity contribution in [1.29, 1.82) is 0 Å². The molecule has 0 spiro atoms. The molecule has 0 heterocycles. The summed E-state index contributed by atoms with van der Waals surface area (Å²) in [4.78, 5) is 12.3. The molecule has 4 nitrogen and oxygen atoms in total. The summed E-state index contributed by atoms with van der Waals surface area (Å²) in [5.41, 5.74) is 1.58. The van der Waals surface area contributed by atoms with Gasteiger partial charge < -0.3 is 5.11 Å². The molecule has 0 unspecified atom stereocenters. The number of nitrogens with one attached hydrogen (secondary N) is 1. The second kappa shape index (κ2) is 5.79. The largest absolute Gasteiger partial charge is 0.465 e. The van der Waals surface area contributed by atoms with E-state index in [9.17, 15) is 4.79 Å². The molecule has 16 heavy (non-hydrogen) atoms. The van der Waals surface area contributed by atoms with Crippen LogP contribution in [-0.2, 0) is 0 Å². The number of anilines is 1. The van der Waals surface area contributed by atoms with Gasteiger partial charge in [-0.15, -0.1) is 6.42 Å². The van der Waals surface area contributed by atoms with Gasteiger partial charge in [-0.05, 0) is 18.6 Å². The van der Waals surface area contributed by atoms with E-state index in [0.717, 1.165) is 5.56 Å². The number of aryl methyl sites for hydroxylation is 1. The Morgan fingerprint density at radius 3 is 2.81 bits per heavy atom. The average molecular weight is 218 g/mol. The summed E-state index contributed by atoms with van der Waals surface area (Å²) in [6.07, 6.45) is 4.08. The van der Waals surface area contributed by atoms with Gasteiger partial charge >= 0.3 is 6.09 Å². The number of carboxylic acid groups (broad SMARTS) is 1. The summed E-state index contributed by atoms with van der Waals surface area (Å²) in [6, 6.07) is 7.31. The first-order valence-corrected chi connectivity index (χ1v) is 4.87. The molecule has 0 bridgehead atoms. The van der Waals surface area contributed by atoms with Crippen molar-refractivity contribution in [2.45, 2.75) is 6.92 Å². The minimum absolute atomic E-state index is 0.185. The fourth-order valence-corrected chi connectivity index (χ4v) is 1.36. The fourth-order valence-electron chi connectivity index (χ4n) is 1.36. The molecular formula is C12H14N2O2. The number of carbonyl (C=O) groups is 1. The summed E-state index contributed by atoms with van der Waals surface area (Å²) in [6.45, 7) is 2.40. The second-order valence-corrected chi connectivity index (χ2v) is 3.29. The number of benzene rings is 1. The average Bonchev–Trinajstić information content (AvgIpc) is 2.25. The van der Waals surface area contributed by atoms with Gasteiger partial charge in [0.05, 0.1) is 18.9 Å². The first-order valence-electron chi connectivity index (χ1n) is 4.87. The maximum Gasteiger partial charge on any atom is 0.412 e. The number of hydrogen-bond donors (Lipinski definition) is 2. The highest BCUT2D eigenvalue weighted by Gasteiger charge is 2.14. The highest BCUT2D eigenvalue weighted by Crippen LogP contribution is 2.18. The molecule has 0 saturated carbocycles. The molecule has 4 heteroatoms. The highest BCUT2D eigenvalue weighted by atomic mass is 16.4. The minimum atomic E-state index is -1.00. The van der Waals surface area contributed by atoms with Gasteiger partial charge in [0.15, 0.2) is 0 Å². The Labute approximate surface area is 94.9 Å². The monoisotopic (exact) mass is 218 g/mol. The normalized spacial score (nSPS) is 9.50. The summed E-state index contributed by atoms with van der Waals surface area (Å²) in [5, 5.41) is 11.9. The van der Waals surface area contributed by atoms with Crippen LogP contribution in [0.3, 0.4) is 0 Å². The third-order valence-corrected chi connectivity index (χ3v) is 2.13. The molecule has 0 aliphatic rings. The number of rotatable bonds is 4. The molecule has 1 rings (SSSR count). The van der Waals surface area contributed by atoms with Crippen LogP contribution in [0.2, 0.25) is 0 Å². The Bertz CT molecular complexity index is 410. The number of terminal acetylenes is 1. The predicted octanol–water partition coefficient (Wildman–Crippen LogP) is 1.66. The van der Waals surface area contributed by atoms with E-state index in [-0.39, 0.29) is 6.67 Å². The summed E-state index contributed by atoms with van der Waals surface area (Å²) in [5.74, 6) is 2.40. The Morgan fingerprint density at radius 2 is 2.25 bits per heavy atom. The molecule has 0 atom stereocenters. The van der Waals surface area contributed by atoms with Gasteiger partial charge in [0, 0.05) is 0 Å². The van der Waals surface area contributed by atoms with Crippen LogP contribution in [0.1, 0.15) is 5.56 Å². The van der Waals surface area contributed by atoms with Crippen LogP contribution >= 0.6 is 0 Å². The molecule has 0 radical (unpaired) electrons. The molecule has 1 amide bonds. The lowest BCUT2D eigenvalue weighted by Crippen LogP contribution is -2.38. The zero-order chi connectivity index (χ0) is 12.0. The van der Waals surface area contributed by atoms with Crippen LogP contribution in [-0.4, -0.2) is 24.4 Å². The third-order valence-electron chi connectivity index (χ3n) is 2.13. The topological polar surface area (TPSA) is 52.6 Å². The molecule has 84 valence electrons. The van der Waals surface area contributed by atoms with Crippen molar-refractivity contribution in [3.63, 3.8) is 0 Å². The van der Waals surface area contributed by atoms with E-state index in [4.69, 9.17) is 11.5 Å². The van der Waals surface area contributed by atoms with Crippen molar-refractivity contribution in [3.05, 3.63) is 29.8 Å². The standard InChI is InChI=1S/C12H14N2O2/c1-3-8-13-9-14(12(15)16)11-7-5-4-6-10(11)2/h1,4-7,13H,8-9H2,2H3,(H,15,16). The molecule has 0 aliphatic carbocycles. The van der Waals surface area contributed by atoms with Crippen LogP contribution in [0.25, 0.3) is 0 Å². The predicted molar refractivity (Wildman–Crippen MR) is 63.4 cm³/mol. The first-order chi connectivity index (χ1) is 7.66. The molecular weight excluding hydrogens is 204 g/mol. The van der Waals surface area contributed by atoms with E-state index in [2.05, 4.69) is 11.2 Å². The lowest BCUT2D eigenvalue weighted by Gasteiger charge is -2.21. The smallest absolute Gasteiger partial charge is 0.412 e. The molecule has 2 N–H and O–H groups in total. The Morgan fingerprint density at radius 1 is 1.56 bits per heavy atom. The Hall–Kier alpha value is -1.99. The Kier molecular flexibility index (Phi) is 4.37. The maximum absolute atomic E-state index is 11.1. The number of para-hydroxylation sites is 1. The zero-order valence-corrected chi connectivity index (χ0v) is 9.10.